The average Bonchev–Trinajstić information content (AvgIpc) is 3.88. The van der Waals surface area contributed by atoms with E-state index in [1.54, 1.807) is 11.3 Å². The molecular weight excluding hydrogens is 645 g/mol. The minimum Gasteiger partial charge on any atom is -0.454 e. The highest BCUT2D eigenvalue weighted by atomic mass is 32.1. The molecule has 51 heavy (non-hydrogen) atoms. The Hall–Kier alpha value is -6.63. The van der Waals surface area contributed by atoms with Crippen molar-refractivity contribution in [3.63, 3.8) is 0 Å². The minimum atomic E-state index is 0.614. The first-order valence-electron chi connectivity index (χ1n) is 17.0. The molecular formula is C45H26N4OS. The van der Waals surface area contributed by atoms with E-state index in [2.05, 4.69) is 132 Å². The Balaban J connectivity index is 1.24. The summed E-state index contributed by atoms with van der Waals surface area (Å²) in [5.74, 6) is 1.89. The molecule has 0 aliphatic rings. The standard InChI is InChI=1S/C45H26N4OS/c1-2-13-27(14-3-1)43-46-44(48-45(47-43)35-22-11-20-33-30-17-6-9-26-39(30)51-42(33)35)34-21-10-18-31-28-15-4-7-23-36(28)49(40(31)34)37-24-12-19-32-29-16-5-8-25-38(29)50-41(32)37/h1-26H. The molecule has 0 aliphatic heterocycles. The van der Waals surface area contributed by atoms with Crippen LogP contribution in [0.25, 0.3) is 104 Å². The Labute approximate surface area is 295 Å². The highest BCUT2D eigenvalue weighted by molar-refractivity contribution is 7.26. The summed E-state index contributed by atoms with van der Waals surface area (Å²) in [5, 5.41) is 6.89. The number of benzene rings is 7. The maximum Gasteiger partial charge on any atom is 0.166 e. The molecule has 238 valence electrons. The van der Waals surface area contributed by atoms with Gasteiger partial charge in [0.05, 0.1) is 16.7 Å². The number of rotatable bonds is 4. The van der Waals surface area contributed by atoms with Gasteiger partial charge in [0.15, 0.2) is 23.1 Å². The lowest BCUT2D eigenvalue weighted by molar-refractivity contribution is 0.666. The molecule has 4 heterocycles. The maximum absolute atomic E-state index is 6.61. The van der Waals surface area contributed by atoms with Gasteiger partial charge in [0, 0.05) is 58.4 Å². The lowest BCUT2D eigenvalue weighted by Gasteiger charge is -2.13. The molecule has 0 saturated carbocycles. The predicted octanol–water partition coefficient (Wildman–Crippen LogP) is 12.2. The van der Waals surface area contributed by atoms with Gasteiger partial charge in [-0.25, -0.2) is 15.0 Å². The van der Waals surface area contributed by atoms with E-state index >= 15 is 0 Å². The molecule has 0 unspecified atom stereocenters. The number of hydrogen-bond acceptors (Lipinski definition) is 5. The first kappa shape index (κ1) is 28.2. The van der Waals surface area contributed by atoms with E-state index in [-0.39, 0.29) is 0 Å². The smallest absolute Gasteiger partial charge is 0.166 e. The molecule has 7 aromatic carbocycles. The molecule has 0 spiro atoms. The van der Waals surface area contributed by atoms with Crippen molar-refractivity contribution in [3.8, 4) is 39.9 Å². The van der Waals surface area contributed by atoms with E-state index in [0.717, 1.165) is 66.1 Å². The van der Waals surface area contributed by atoms with E-state index in [1.165, 1.54) is 20.2 Å². The Morgan fingerprint density at radius 2 is 1.08 bits per heavy atom. The number of para-hydroxylation sites is 4. The van der Waals surface area contributed by atoms with Crippen molar-refractivity contribution in [2.24, 2.45) is 0 Å². The van der Waals surface area contributed by atoms with Crippen LogP contribution in [0.15, 0.2) is 162 Å². The molecule has 0 radical (unpaired) electrons. The number of thiophene rings is 1. The molecule has 0 amide bonds. The van der Waals surface area contributed by atoms with Crippen LogP contribution < -0.4 is 0 Å². The summed E-state index contributed by atoms with van der Waals surface area (Å²) < 4.78 is 11.3. The van der Waals surface area contributed by atoms with Crippen LogP contribution in [0.2, 0.25) is 0 Å². The Kier molecular flexibility index (Phi) is 6.05. The molecule has 0 atom stereocenters. The van der Waals surface area contributed by atoms with Crippen LogP contribution in [-0.4, -0.2) is 19.5 Å². The second-order valence-electron chi connectivity index (χ2n) is 12.8. The van der Waals surface area contributed by atoms with E-state index in [4.69, 9.17) is 19.4 Å². The number of aromatic nitrogens is 4. The van der Waals surface area contributed by atoms with Gasteiger partial charge in [-0.15, -0.1) is 11.3 Å². The van der Waals surface area contributed by atoms with Crippen LogP contribution in [0.4, 0.5) is 0 Å². The second kappa shape index (κ2) is 10.9. The third-order valence-corrected chi connectivity index (χ3v) is 11.1. The lowest BCUT2D eigenvalue weighted by Crippen LogP contribution is -2.02. The van der Waals surface area contributed by atoms with E-state index in [9.17, 15) is 0 Å². The van der Waals surface area contributed by atoms with Crippen molar-refractivity contribution >= 4 is 75.3 Å². The highest BCUT2D eigenvalue weighted by Crippen LogP contribution is 2.43. The van der Waals surface area contributed by atoms with Gasteiger partial charge in [0.1, 0.15) is 5.58 Å². The zero-order valence-corrected chi connectivity index (χ0v) is 27.9. The van der Waals surface area contributed by atoms with Crippen molar-refractivity contribution in [3.05, 3.63) is 158 Å². The fourth-order valence-electron chi connectivity index (χ4n) is 7.61. The quantitative estimate of drug-likeness (QED) is 0.187. The molecule has 0 fully saturated rings. The van der Waals surface area contributed by atoms with Gasteiger partial charge in [-0.1, -0.05) is 121 Å². The zero-order chi connectivity index (χ0) is 33.5. The largest absolute Gasteiger partial charge is 0.454 e. The number of fused-ring (bicyclic) bond motifs is 9. The molecule has 0 N–H and O–H groups in total. The first-order valence-corrected chi connectivity index (χ1v) is 17.8. The summed E-state index contributed by atoms with van der Waals surface area (Å²) in [6.45, 7) is 0. The Morgan fingerprint density at radius 3 is 1.96 bits per heavy atom. The van der Waals surface area contributed by atoms with Crippen LogP contribution >= 0.6 is 11.3 Å². The first-order chi connectivity index (χ1) is 25.3. The lowest BCUT2D eigenvalue weighted by atomic mass is 10.1. The molecule has 0 bridgehead atoms. The molecule has 11 rings (SSSR count). The fraction of sp³-hybridized carbons (Fsp3) is 0. The predicted molar refractivity (Wildman–Crippen MR) is 211 cm³/mol. The summed E-state index contributed by atoms with van der Waals surface area (Å²) in [7, 11) is 0. The van der Waals surface area contributed by atoms with Gasteiger partial charge in [-0.05, 0) is 36.4 Å². The third kappa shape index (κ3) is 4.24. The number of nitrogens with zero attached hydrogens (tertiary/aromatic N) is 4. The number of furan rings is 1. The van der Waals surface area contributed by atoms with Gasteiger partial charge in [-0.2, -0.15) is 0 Å². The Morgan fingerprint density at radius 1 is 0.451 bits per heavy atom. The minimum absolute atomic E-state index is 0.614. The number of hydrogen-bond donors (Lipinski definition) is 0. The van der Waals surface area contributed by atoms with Gasteiger partial charge in [0.2, 0.25) is 0 Å². The third-order valence-electron chi connectivity index (χ3n) is 9.87. The van der Waals surface area contributed by atoms with Crippen LogP contribution in [0.3, 0.4) is 0 Å². The summed E-state index contributed by atoms with van der Waals surface area (Å²) in [5.41, 5.74) is 7.62. The van der Waals surface area contributed by atoms with Crippen molar-refractivity contribution < 1.29 is 4.42 Å². The summed E-state index contributed by atoms with van der Waals surface area (Å²) in [6, 6.07) is 54.8. The van der Waals surface area contributed by atoms with Crippen molar-refractivity contribution in [2.75, 3.05) is 0 Å². The Bertz CT molecular complexity index is 3150. The monoisotopic (exact) mass is 670 g/mol. The average molecular weight is 671 g/mol. The van der Waals surface area contributed by atoms with Gasteiger partial charge in [-0.3, -0.25) is 0 Å². The molecule has 4 aromatic heterocycles. The van der Waals surface area contributed by atoms with Crippen molar-refractivity contribution in [1.29, 1.82) is 0 Å². The summed E-state index contributed by atoms with van der Waals surface area (Å²) >= 11 is 1.78. The summed E-state index contributed by atoms with van der Waals surface area (Å²) in [6.07, 6.45) is 0. The normalized spacial score (nSPS) is 11.9. The van der Waals surface area contributed by atoms with Crippen LogP contribution in [0, 0.1) is 0 Å². The van der Waals surface area contributed by atoms with Gasteiger partial charge < -0.3 is 8.98 Å². The van der Waals surface area contributed by atoms with Crippen LogP contribution in [-0.2, 0) is 0 Å². The van der Waals surface area contributed by atoms with E-state index < -0.39 is 0 Å². The van der Waals surface area contributed by atoms with Crippen LogP contribution in [0.5, 0.6) is 0 Å². The van der Waals surface area contributed by atoms with E-state index in [1.807, 2.05) is 30.3 Å². The fourth-order valence-corrected chi connectivity index (χ4v) is 8.83. The van der Waals surface area contributed by atoms with E-state index in [0.29, 0.717) is 17.5 Å². The highest BCUT2D eigenvalue weighted by Gasteiger charge is 2.23. The van der Waals surface area contributed by atoms with Crippen molar-refractivity contribution in [2.45, 2.75) is 0 Å². The van der Waals surface area contributed by atoms with Gasteiger partial charge in [0.25, 0.3) is 0 Å². The zero-order valence-electron chi connectivity index (χ0n) is 27.1. The molecule has 5 nitrogen and oxygen atoms in total. The van der Waals surface area contributed by atoms with Crippen molar-refractivity contribution in [1.82, 2.24) is 19.5 Å². The van der Waals surface area contributed by atoms with Gasteiger partial charge >= 0.3 is 0 Å². The van der Waals surface area contributed by atoms with Crippen LogP contribution in [0.1, 0.15) is 0 Å². The second-order valence-corrected chi connectivity index (χ2v) is 13.8. The molecule has 0 aliphatic carbocycles. The topological polar surface area (TPSA) is 56.7 Å². The SMILES string of the molecule is c1ccc(-c2nc(-c3cccc4c3sc3ccccc34)nc(-c3cccc4c5ccccc5n(-c5cccc6c5oc5ccccc56)c34)n2)cc1. The molecule has 11 aromatic rings. The molecule has 6 heteroatoms. The maximum atomic E-state index is 6.61. The molecule has 0 saturated heterocycles. The summed E-state index contributed by atoms with van der Waals surface area (Å²) in [4.78, 5) is 15.7.